The fraction of sp³-hybridized carbons (Fsp3) is 0.400. The predicted octanol–water partition coefficient (Wildman–Crippen LogP) is 2.20. The molecule has 0 saturated heterocycles. The van der Waals surface area contributed by atoms with E-state index in [4.69, 9.17) is 4.65 Å². The molecule has 0 aliphatic heterocycles. The second-order valence-electron chi connectivity index (χ2n) is 6.12. The van der Waals surface area contributed by atoms with Crippen LogP contribution in [0, 0.1) is 5.82 Å². The Morgan fingerprint density at radius 3 is 2.55 bits per heavy atom. The molecule has 0 bridgehead atoms. The first kappa shape index (κ1) is 17.1. The molecule has 0 atom stereocenters. The Morgan fingerprint density at radius 1 is 1.27 bits per heavy atom. The molecule has 0 spiro atoms. The van der Waals surface area contributed by atoms with Gasteiger partial charge >= 0.3 is 7.12 Å². The highest BCUT2D eigenvalue weighted by molar-refractivity contribution is 7.14. The molecule has 2 N–H and O–H groups in total. The molecule has 0 aliphatic rings. The van der Waals surface area contributed by atoms with Gasteiger partial charge in [-0.05, 0) is 45.4 Å². The Labute approximate surface area is 133 Å². The van der Waals surface area contributed by atoms with Gasteiger partial charge in [-0.3, -0.25) is 4.98 Å². The maximum atomic E-state index is 13.4. The molecular formula is C15H19BFNO3S. The first-order valence-electron chi connectivity index (χ1n) is 6.89. The normalized spacial score (nSPS) is 12.5. The lowest BCUT2D eigenvalue weighted by atomic mass is 9.79. The molecule has 4 nitrogen and oxygen atoms in total. The van der Waals surface area contributed by atoms with Gasteiger partial charge in [0.1, 0.15) is 5.82 Å². The van der Waals surface area contributed by atoms with Crippen LogP contribution in [0.1, 0.15) is 27.7 Å². The van der Waals surface area contributed by atoms with Crippen LogP contribution in [0.15, 0.2) is 29.8 Å². The number of hydrogen-bond donors (Lipinski definition) is 2. The summed E-state index contributed by atoms with van der Waals surface area (Å²) >= 11 is 1.29. The zero-order chi connectivity index (χ0) is 16.5. The molecule has 0 saturated carbocycles. The lowest BCUT2D eigenvalue weighted by molar-refractivity contribution is -0.0983. The smallest absolute Gasteiger partial charge is 0.422 e. The minimum atomic E-state index is -1.31. The van der Waals surface area contributed by atoms with E-state index >= 15 is 0 Å². The minimum absolute atomic E-state index is 0.313. The first-order chi connectivity index (χ1) is 10.1. The van der Waals surface area contributed by atoms with Crippen LogP contribution in [-0.2, 0) is 4.65 Å². The van der Waals surface area contributed by atoms with E-state index in [1.54, 1.807) is 45.3 Å². The molecule has 0 unspecified atom stereocenters. The van der Waals surface area contributed by atoms with Gasteiger partial charge in [-0.25, -0.2) is 4.39 Å². The van der Waals surface area contributed by atoms with Crippen molar-refractivity contribution in [3.05, 3.63) is 35.6 Å². The first-order valence-corrected chi connectivity index (χ1v) is 7.77. The van der Waals surface area contributed by atoms with E-state index in [1.165, 1.54) is 23.5 Å². The van der Waals surface area contributed by atoms with Gasteiger partial charge in [0, 0.05) is 0 Å². The lowest BCUT2D eigenvalue weighted by Crippen LogP contribution is -2.53. The average molecular weight is 323 g/mol. The standard InChI is InChI=1S/C15H19BFNO3S/c1-14(2,19)15(3,4)21-16(20)13-12(22-9-18-13)10-6-5-7-11(17)8-10/h5-9,19-20H,1-4H3. The van der Waals surface area contributed by atoms with Crippen LogP contribution in [0.5, 0.6) is 0 Å². The molecule has 0 amide bonds. The molecule has 1 aromatic heterocycles. The van der Waals surface area contributed by atoms with Crippen molar-refractivity contribution in [2.24, 2.45) is 0 Å². The molecule has 2 rings (SSSR count). The minimum Gasteiger partial charge on any atom is -0.422 e. The summed E-state index contributed by atoms with van der Waals surface area (Å²) in [5, 5.41) is 20.4. The van der Waals surface area contributed by atoms with Crippen LogP contribution in [0.25, 0.3) is 10.4 Å². The quantitative estimate of drug-likeness (QED) is 0.828. The van der Waals surface area contributed by atoms with Gasteiger partial charge in [0.15, 0.2) is 0 Å². The summed E-state index contributed by atoms with van der Waals surface area (Å²) < 4.78 is 19.0. The van der Waals surface area contributed by atoms with Crippen molar-refractivity contribution in [3.63, 3.8) is 0 Å². The number of nitrogens with zero attached hydrogens (tertiary/aromatic N) is 1. The fourth-order valence-electron chi connectivity index (χ4n) is 1.76. The van der Waals surface area contributed by atoms with E-state index in [2.05, 4.69) is 4.98 Å². The summed E-state index contributed by atoms with van der Waals surface area (Å²) in [6, 6.07) is 6.08. The summed E-state index contributed by atoms with van der Waals surface area (Å²) in [5.74, 6) is -0.357. The van der Waals surface area contributed by atoms with Gasteiger partial charge in [0.2, 0.25) is 0 Å². The van der Waals surface area contributed by atoms with Gasteiger partial charge in [0.25, 0.3) is 0 Å². The Kier molecular flexibility index (Phi) is 4.72. The summed E-state index contributed by atoms with van der Waals surface area (Å²) in [7, 11) is -1.31. The molecule has 1 heterocycles. The lowest BCUT2D eigenvalue weighted by Gasteiger charge is -2.38. The SMILES string of the molecule is CC(C)(O)C(C)(C)OB(O)c1ncsc1-c1cccc(F)c1. The van der Waals surface area contributed by atoms with Gasteiger partial charge in [-0.1, -0.05) is 12.1 Å². The number of thiazole rings is 1. The molecule has 0 fully saturated rings. The highest BCUT2D eigenvalue weighted by Crippen LogP contribution is 2.27. The van der Waals surface area contributed by atoms with E-state index in [1.807, 2.05) is 0 Å². The van der Waals surface area contributed by atoms with Crippen molar-refractivity contribution in [2.75, 3.05) is 0 Å². The number of rotatable bonds is 5. The molecule has 118 valence electrons. The zero-order valence-electron chi connectivity index (χ0n) is 13.0. The van der Waals surface area contributed by atoms with Gasteiger partial charge < -0.3 is 14.8 Å². The number of hydrogen-bond acceptors (Lipinski definition) is 5. The van der Waals surface area contributed by atoms with Crippen LogP contribution >= 0.6 is 11.3 Å². The maximum Gasteiger partial charge on any atom is 0.512 e. The largest absolute Gasteiger partial charge is 0.512 e. The third-order valence-corrected chi connectivity index (χ3v) is 4.69. The van der Waals surface area contributed by atoms with Gasteiger partial charge in [0.05, 0.1) is 27.2 Å². The molecule has 7 heteroatoms. The molecule has 0 radical (unpaired) electrons. The third kappa shape index (κ3) is 3.55. The maximum absolute atomic E-state index is 13.4. The molecule has 22 heavy (non-hydrogen) atoms. The molecular weight excluding hydrogens is 304 g/mol. The Balaban J connectivity index is 2.30. The highest BCUT2D eigenvalue weighted by atomic mass is 32.1. The van der Waals surface area contributed by atoms with Crippen LogP contribution < -0.4 is 5.59 Å². The van der Waals surface area contributed by atoms with Crippen molar-refractivity contribution in [1.29, 1.82) is 0 Å². The van der Waals surface area contributed by atoms with Crippen LogP contribution in [-0.4, -0.2) is 33.4 Å². The predicted molar refractivity (Wildman–Crippen MR) is 86.6 cm³/mol. The Hall–Kier alpha value is -1.28. The fourth-order valence-corrected chi connectivity index (χ4v) is 2.56. The molecule has 0 aliphatic carbocycles. The number of benzene rings is 1. The van der Waals surface area contributed by atoms with E-state index in [0.29, 0.717) is 16.0 Å². The third-order valence-electron chi connectivity index (χ3n) is 3.80. The second kappa shape index (κ2) is 6.08. The summed E-state index contributed by atoms with van der Waals surface area (Å²) in [4.78, 5) is 4.77. The van der Waals surface area contributed by atoms with E-state index in [0.717, 1.165) is 0 Å². The summed E-state index contributed by atoms with van der Waals surface area (Å²) in [5.41, 5.74) is 0.367. The van der Waals surface area contributed by atoms with Crippen molar-refractivity contribution < 1.29 is 19.2 Å². The number of halogens is 1. The number of aromatic nitrogens is 1. The zero-order valence-corrected chi connectivity index (χ0v) is 13.8. The monoisotopic (exact) mass is 323 g/mol. The Bertz CT molecular complexity index is 654. The van der Waals surface area contributed by atoms with Crippen LogP contribution in [0.4, 0.5) is 4.39 Å². The van der Waals surface area contributed by atoms with E-state index in [9.17, 15) is 14.5 Å². The van der Waals surface area contributed by atoms with Crippen molar-refractivity contribution >= 4 is 24.0 Å². The highest BCUT2D eigenvalue weighted by Gasteiger charge is 2.40. The summed E-state index contributed by atoms with van der Waals surface area (Å²) in [6.07, 6.45) is 0. The Morgan fingerprint density at radius 2 is 1.95 bits per heavy atom. The van der Waals surface area contributed by atoms with Crippen molar-refractivity contribution in [1.82, 2.24) is 4.98 Å². The van der Waals surface area contributed by atoms with Crippen molar-refractivity contribution in [2.45, 2.75) is 38.9 Å². The average Bonchev–Trinajstić information content (AvgIpc) is 2.86. The van der Waals surface area contributed by atoms with Crippen LogP contribution in [0.2, 0.25) is 0 Å². The van der Waals surface area contributed by atoms with Crippen LogP contribution in [0.3, 0.4) is 0 Å². The number of aliphatic hydroxyl groups is 1. The van der Waals surface area contributed by atoms with Crippen molar-refractivity contribution in [3.8, 4) is 10.4 Å². The molecule has 2 aromatic rings. The van der Waals surface area contributed by atoms with Gasteiger partial charge in [-0.2, -0.15) is 0 Å². The summed E-state index contributed by atoms with van der Waals surface area (Å²) in [6.45, 7) is 6.58. The topological polar surface area (TPSA) is 62.6 Å². The van der Waals surface area contributed by atoms with Gasteiger partial charge in [-0.15, -0.1) is 11.3 Å². The second-order valence-corrected chi connectivity index (χ2v) is 6.97. The van der Waals surface area contributed by atoms with E-state index < -0.39 is 18.3 Å². The molecule has 1 aromatic carbocycles. The van der Waals surface area contributed by atoms with E-state index in [-0.39, 0.29) is 5.82 Å².